The molecule has 0 aromatic heterocycles. The molecule has 2 aromatic rings. The van der Waals surface area contributed by atoms with Gasteiger partial charge in [0.15, 0.2) is 0 Å². The molecule has 1 aliphatic rings. The van der Waals surface area contributed by atoms with Gasteiger partial charge in [-0.2, -0.15) is 0 Å². The SMILES string of the molecule is CCN(CC)CCNC(=O)CC1=C(C)/C(=C/c2ccc(SC)cc2)c2ccc(F)cc21. The number of nitrogens with one attached hydrogen (secondary N) is 1. The molecular formula is C26H31FN2OS. The molecule has 3 nitrogen and oxygen atoms in total. The fourth-order valence-corrected chi connectivity index (χ4v) is 4.37. The fourth-order valence-electron chi connectivity index (χ4n) is 3.96. The lowest BCUT2D eigenvalue weighted by atomic mass is 10.0. The van der Waals surface area contributed by atoms with E-state index >= 15 is 0 Å². The smallest absolute Gasteiger partial charge is 0.224 e. The summed E-state index contributed by atoms with van der Waals surface area (Å²) in [5, 5.41) is 3.02. The van der Waals surface area contributed by atoms with Crippen LogP contribution in [0.25, 0.3) is 17.2 Å². The molecule has 1 aliphatic carbocycles. The van der Waals surface area contributed by atoms with Crippen molar-refractivity contribution in [2.45, 2.75) is 32.1 Å². The lowest BCUT2D eigenvalue weighted by Crippen LogP contribution is -2.34. The number of thioether (sulfide) groups is 1. The van der Waals surface area contributed by atoms with E-state index in [9.17, 15) is 9.18 Å². The Labute approximate surface area is 189 Å². The van der Waals surface area contributed by atoms with Crippen molar-refractivity contribution in [3.63, 3.8) is 0 Å². The highest BCUT2D eigenvalue weighted by Gasteiger charge is 2.25. The average Bonchev–Trinajstić information content (AvgIpc) is 3.02. The normalized spacial score (nSPS) is 14.5. The van der Waals surface area contributed by atoms with Gasteiger partial charge < -0.3 is 10.2 Å². The minimum absolute atomic E-state index is 0.0257. The molecule has 1 amide bonds. The van der Waals surface area contributed by atoms with Crippen LogP contribution in [-0.2, 0) is 4.79 Å². The zero-order valence-electron chi connectivity index (χ0n) is 18.8. The molecule has 5 heteroatoms. The summed E-state index contributed by atoms with van der Waals surface area (Å²) >= 11 is 1.71. The number of amides is 1. The molecule has 0 spiro atoms. The third-order valence-electron chi connectivity index (χ3n) is 5.86. The van der Waals surface area contributed by atoms with Crippen LogP contribution in [-0.4, -0.2) is 43.2 Å². The van der Waals surface area contributed by atoms with Crippen LogP contribution in [0.2, 0.25) is 0 Å². The molecule has 0 fully saturated rings. The Hall–Kier alpha value is -2.37. The predicted molar refractivity (Wildman–Crippen MR) is 131 cm³/mol. The van der Waals surface area contributed by atoms with Gasteiger partial charge in [0.1, 0.15) is 5.82 Å². The molecule has 31 heavy (non-hydrogen) atoms. The van der Waals surface area contributed by atoms with E-state index in [1.165, 1.54) is 11.0 Å². The molecule has 0 saturated heterocycles. The van der Waals surface area contributed by atoms with Crippen LogP contribution < -0.4 is 5.32 Å². The highest BCUT2D eigenvalue weighted by molar-refractivity contribution is 7.98. The second-order valence-corrected chi connectivity index (χ2v) is 8.56. The summed E-state index contributed by atoms with van der Waals surface area (Å²) in [5.74, 6) is -0.307. The number of hydrogen-bond donors (Lipinski definition) is 1. The van der Waals surface area contributed by atoms with Crippen molar-refractivity contribution < 1.29 is 9.18 Å². The highest BCUT2D eigenvalue weighted by atomic mass is 32.2. The minimum Gasteiger partial charge on any atom is -0.355 e. The van der Waals surface area contributed by atoms with Crippen molar-refractivity contribution in [3.8, 4) is 0 Å². The Morgan fingerprint density at radius 1 is 1.10 bits per heavy atom. The average molecular weight is 439 g/mol. The number of likely N-dealkylation sites (N-methyl/N-ethyl adjacent to an activating group) is 1. The molecular weight excluding hydrogens is 407 g/mol. The lowest BCUT2D eigenvalue weighted by Gasteiger charge is -2.18. The zero-order valence-corrected chi connectivity index (χ0v) is 19.6. The number of carbonyl (C=O) groups excluding carboxylic acids is 1. The van der Waals surface area contributed by atoms with E-state index in [-0.39, 0.29) is 18.1 Å². The predicted octanol–water partition coefficient (Wildman–Crippen LogP) is 5.72. The van der Waals surface area contributed by atoms with Gasteiger partial charge in [-0.25, -0.2) is 4.39 Å². The maximum Gasteiger partial charge on any atom is 0.224 e. The van der Waals surface area contributed by atoms with E-state index in [1.54, 1.807) is 17.8 Å². The van der Waals surface area contributed by atoms with Crippen LogP contribution in [0.4, 0.5) is 4.39 Å². The van der Waals surface area contributed by atoms with Crippen molar-refractivity contribution in [1.82, 2.24) is 10.2 Å². The summed E-state index contributed by atoms with van der Waals surface area (Å²) in [4.78, 5) is 16.1. The summed E-state index contributed by atoms with van der Waals surface area (Å²) in [6, 6.07) is 13.2. The first kappa shape index (κ1) is 23.3. The van der Waals surface area contributed by atoms with Crippen LogP contribution >= 0.6 is 11.8 Å². The Morgan fingerprint density at radius 3 is 2.45 bits per heavy atom. The summed E-state index contributed by atoms with van der Waals surface area (Å²) in [7, 11) is 0. The van der Waals surface area contributed by atoms with E-state index in [4.69, 9.17) is 0 Å². The Balaban J connectivity index is 1.84. The van der Waals surface area contributed by atoms with Gasteiger partial charge in [-0.1, -0.05) is 32.0 Å². The van der Waals surface area contributed by atoms with E-state index in [1.807, 2.05) is 13.0 Å². The van der Waals surface area contributed by atoms with Gasteiger partial charge in [0.25, 0.3) is 0 Å². The van der Waals surface area contributed by atoms with E-state index < -0.39 is 0 Å². The van der Waals surface area contributed by atoms with Crippen LogP contribution in [0.5, 0.6) is 0 Å². The molecule has 0 radical (unpaired) electrons. The molecule has 0 heterocycles. The number of nitrogens with zero attached hydrogens (tertiary/aromatic N) is 1. The molecule has 0 aliphatic heterocycles. The second kappa shape index (κ2) is 10.8. The number of hydrogen-bond acceptors (Lipinski definition) is 3. The largest absolute Gasteiger partial charge is 0.355 e. The van der Waals surface area contributed by atoms with Gasteiger partial charge in [0, 0.05) is 18.0 Å². The van der Waals surface area contributed by atoms with Crippen molar-refractivity contribution in [2.24, 2.45) is 0 Å². The maximum atomic E-state index is 14.1. The van der Waals surface area contributed by atoms with E-state index in [0.717, 1.165) is 53.0 Å². The van der Waals surface area contributed by atoms with Gasteiger partial charge in [0.05, 0.1) is 6.42 Å². The summed E-state index contributed by atoms with van der Waals surface area (Å²) < 4.78 is 14.1. The first-order valence-corrected chi connectivity index (χ1v) is 12.0. The van der Waals surface area contributed by atoms with Gasteiger partial charge in [0.2, 0.25) is 5.91 Å². The molecule has 2 aromatic carbocycles. The molecule has 0 unspecified atom stereocenters. The molecule has 0 bridgehead atoms. The second-order valence-electron chi connectivity index (χ2n) is 7.68. The highest BCUT2D eigenvalue weighted by Crippen LogP contribution is 2.43. The zero-order chi connectivity index (χ0) is 22.4. The summed E-state index contributed by atoms with van der Waals surface area (Å²) in [5.41, 5.74) is 5.89. The Morgan fingerprint density at radius 2 is 1.81 bits per heavy atom. The maximum absolute atomic E-state index is 14.1. The van der Waals surface area contributed by atoms with Gasteiger partial charge in [-0.3, -0.25) is 4.79 Å². The monoisotopic (exact) mass is 438 g/mol. The van der Waals surface area contributed by atoms with Crippen molar-refractivity contribution in [3.05, 3.63) is 70.5 Å². The molecule has 164 valence electrons. The topological polar surface area (TPSA) is 32.3 Å². The van der Waals surface area contributed by atoms with E-state index in [0.29, 0.717) is 6.54 Å². The van der Waals surface area contributed by atoms with Gasteiger partial charge in [-0.15, -0.1) is 11.8 Å². The number of benzene rings is 2. The van der Waals surface area contributed by atoms with Crippen LogP contribution in [0.1, 0.15) is 43.9 Å². The first-order valence-electron chi connectivity index (χ1n) is 10.8. The molecule has 0 saturated carbocycles. The summed E-state index contributed by atoms with van der Waals surface area (Å²) in [6.07, 6.45) is 4.44. The van der Waals surface area contributed by atoms with Gasteiger partial charge >= 0.3 is 0 Å². The molecule has 0 atom stereocenters. The number of halogens is 1. The van der Waals surface area contributed by atoms with Crippen LogP contribution in [0, 0.1) is 5.82 Å². The fraction of sp³-hybridized carbons (Fsp3) is 0.346. The third kappa shape index (κ3) is 5.66. The van der Waals surface area contributed by atoms with Crippen molar-refractivity contribution >= 4 is 34.9 Å². The first-order chi connectivity index (χ1) is 15.0. The van der Waals surface area contributed by atoms with Crippen LogP contribution in [0.3, 0.4) is 0 Å². The molecule has 3 rings (SSSR count). The number of allylic oxidation sites excluding steroid dienone is 2. The van der Waals surface area contributed by atoms with Crippen molar-refractivity contribution in [2.75, 3.05) is 32.4 Å². The number of carbonyl (C=O) groups is 1. The Kier molecular flexibility index (Phi) is 8.10. The number of rotatable bonds is 9. The number of fused-ring (bicyclic) bond motifs is 1. The minimum atomic E-state index is -0.281. The van der Waals surface area contributed by atoms with Crippen LogP contribution in [0.15, 0.2) is 52.9 Å². The van der Waals surface area contributed by atoms with E-state index in [2.05, 4.69) is 60.7 Å². The summed E-state index contributed by atoms with van der Waals surface area (Å²) in [6.45, 7) is 9.65. The standard InChI is InChI=1S/C26H31FN2OS/c1-5-29(6-2)14-13-28-26(30)17-24-18(3)23(22-12-9-20(27)16-25(22)24)15-19-7-10-21(31-4)11-8-19/h7-12,15-16H,5-6,13-14,17H2,1-4H3,(H,28,30)/b23-15-. The van der Waals surface area contributed by atoms with Crippen molar-refractivity contribution in [1.29, 1.82) is 0 Å². The third-order valence-corrected chi connectivity index (χ3v) is 6.61. The van der Waals surface area contributed by atoms with Gasteiger partial charge in [-0.05, 0) is 90.0 Å². The quantitative estimate of drug-likeness (QED) is 0.508. The lowest BCUT2D eigenvalue weighted by molar-refractivity contribution is -0.120. The Bertz CT molecular complexity index is 991. The molecule has 1 N–H and O–H groups in total.